The van der Waals surface area contributed by atoms with Gasteiger partial charge in [0.25, 0.3) is 0 Å². The van der Waals surface area contributed by atoms with E-state index in [-0.39, 0.29) is 11.3 Å². The Morgan fingerprint density at radius 2 is 1.86 bits per heavy atom. The summed E-state index contributed by atoms with van der Waals surface area (Å²) < 4.78 is 10.7. The summed E-state index contributed by atoms with van der Waals surface area (Å²) in [6.07, 6.45) is 3.46. The van der Waals surface area contributed by atoms with Gasteiger partial charge in [0.2, 0.25) is 11.8 Å². The van der Waals surface area contributed by atoms with E-state index in [2.05, 4.69) is 55.3 Å². The molecule has 2 aromatic rings. The first-order chi connectivity index (χ1) is 13.4. The molecule has 0 spiro atoms. The Balaban J connectivity index is 1.65. The van der Waals surface area contributed by atoms with Crippen LogP contribution in [-0.2, 0) is 26.9 Å². The predicted octanol–water partition coefficient (Wildman–Crippen LogP) is 3.75. The first-order valence-corrected chi connectivity index (χ1v) is 9.82. The molecular weight excluding hydrogens is 352 g/mol. The normalized spacial score (nSPS) is 15.1. The van der Waals surface area contributed by atoms with Gasteiger partial charge in [0, 0.05) is 25.4 Å². The third-order valence-corrected chi connectivity index (χ3v) is 5.30. The van der Waals surface area contributed by atoms with Gasteiger partial charge in [-0.25, -0.2) is 4.98 Å². The van der Waals surface area contributed by atoms with E-state index in [0.717, 1.165) is 24.0 Å². The molecule has 3 rings (SSSR count). The molecule has 0 aliphatic heterocycles. The Hall–Kier alpha value is -2.40. The summed E-state index contributed by atoms with van der Waals surface area (Å²) in [4.78, 5) is 17.2. The topological polar surface area (TPSA) is 60.5 Å². The van der Waals surface area contributed by atoms with Gasteiger partial charge in [-0.1, -0.05) is 51.1 Å². The number of amides is 1. The van der Waals surface area contributed by atoms with Crippen LogP contribution < -0.4 is 10.1 Å². The lowest BCUT2D eigenvalue weighted by atomic mass is 9.85. The minimum Gasteiger partial charge on any atom is -0.475 e. The number of rotatable bonds is 8. The van der Waals surface area contributed by atoms with Crippen LogP contribution in [0.4, 0.5) is 0 Å². The van der Waals surface area contributed by atoms with Crippen molar-refractivity contribution in [2.45, 2.75) is 51.0 Å². The summed E-state index contributed by atoms with van der Waals surface area (Å²) in [5.74, 6) is 0.613. The van der Waals surface area contributed by atoms with E-state index < -0.39 is 5.41 Å². The lowest BCUT2D eigenvalue weighted by Gasteiger charge is -2.21. The molecule has 5 heteroatoms. The molecule has 0 atom stereocenters. The number of nitrogens with zero attached hydrogens (tertiary/aromatic N) is 1. The van der Waals surface area contributed by atoms with Gasteiger partial charge in [-0.15, -0.1) is 0 Å². The summed E-state index contributed by atoms with van der Waals surface area (Å²) in [7, 11) is 1.63. The van der Waals surface area contributed by atoms with Crippen molar-refractivity contribution >= 4 is 5.91 Å². The average molecular weight is 383 g/mol. The van der Waals surface area contributed by atoms with Crippen molar-refractivity contribution in [2.24, 2.45) is 0 Å². The van der Waals surface area contributed by atoms with Crippen LogP contribution >= 0.6 is 0 Å². The van der Waals surface area contributed by atoms with Crippen molar-refractivity contribution in [2.75, 3.05) is 20.3 Å². The lowest BCUT2D eigenvalue weighted by molar-refractivity contribution is -0.123. The van der Waals surface area contributed by atoms with Gasteiger partial charge in [-0.3, -0.25) is 4.79 Å². The second kappa shape index (κ2) is 8.31. The molecule has 1 N–H and O–H groups in total. The fourth-order valence-electron chi connectivity index (χ4n) is 3.32. The fraction of sp³-hybridized carbons (Fsp3) is 0.478. The number of benzene rings is 1. The number of aromatic nitrogens is 1. The van der Waals surface area contributed by atoms with E-state index in [4.69, 9.17) is 9.47 Å². The third-order valence-electron chi connectivity index (χ3n) is 5.30. The van der Waals surface area contributed by atoms with Crippen molar-refractivity contribution in [3.8, 4) is 5.88 Å². The van der Waals surface area contributed by atoms with E-state index in [1.807, 2.05) is 12.1 Å². The maximum atomic E-state index is 13.0. The highest BCUT2D eigenvalue weighted by atomic mass is 16.5. The van der Waals surface area contributed by atoms with E-state index in [0.29, 0.717) is 25.6 Å². The molecule has 1 amide bonds. The van der Waals surface area contributed by atoms with Gasteiger partial charge in [0.15, 0.2) is 0 Å². The van der Waals surface area contributed by atoms with Gasteiger partial charge >= 0.3 is 0 Å². The number of carbonyl (C=O) groups excluding carboxylic acids is 1. The summed E-state index contributed by atoms with van der Waals surface area (Å²) in [5.41, 5.74) is 2.96. The molecule has 0 saturated heterocycles. The number of pyridine rings is 1. The van der Waals surface area contributed by atoms with Gasteiger partial charge in [0.05, 0.1) is 12.0 Å². The van der Waals surface area contributed by atoms with Crippen molar-refractivity contribution in [3.63, 3.8) is 0 Å². The van der Waals surface area contributed by atoms with Crippen LogP contribution in [-0.4, -0.2) is 31.2 Å². The minimum absolute atomic E-state index is 0.0719. The van der Waals surface area contributed by atoms with Crippen LogP contribution in [0.25, 0.3) is 0 Å². The summed E-state index contributed by atoms with van der Waals surface area (Å²) >= 11 is 0. The molecule has 1 saturated carbocycles. The van der Waals surface area contributed by atoms with Crippen LogP contribution in [0.2, 0.25) is 0 Å². The summed E-state index contributed by atoms with van der Waals surface area (Å²) in [6.45, 7) is 7.91. The fourth-order valence-corrected chi connectivity index (χ4v) is 3.32. The molecule has 28 heavy (non-hydrogen) atoms. The van der Waals surface area contributed by atoms with Gasteiger partial charge < -0.3 is 14.8 Å². The molecule has 1 heterocycles. The second-order valence-electron chi connectivity index (χ2n) is 8.40. The Morgan fingerprint density at radius 1 is 1.14 bits per heavy atom. The third kappa shape index (κ3) is 4.53. The van der Waals surface area contributed by atoms with Crippen molar-refractivity contribution in [1.29, 1.82) is 0 Å². The molecule has 1 aromatic carbocycles. The van der Waals surface area contributed by atoms with Crippen LogP contribution in [0, 0.1) is 0 Å². The number of carbonyl (C=O) groups is 1. The molecule has 150 valence electrons. The van der Waals surface area contributed by atoms with Crippen LogP contribution in [0.3, 0.4) is 0 Å². The number of hydrogen-bond donors (Lipinski definition) is 1. The molecule has 1 aromatic heterocycles. The van der Waals surface area contributed by atoms with Crippen molar-refractivity contribution in [3.05, 3.63) is 59.3 Å². The summed E-state index contributed by atoms with van der Waals surface area (Å²) in [5, 5.41) is 3.09. The van der Waals surface area contributed by atoms with E-state index in [9.17, 15) is 4.79 Å². The molecule has 1 fully saturated rings. The maximum Gasteiger partial charge on any atom is 0.230 e. The number of nitrogens with one attached hydrogen (secondary N) is 1. The SMILES string of the molecule is COCCOc1ncccc1CNC(=O)C1(c2ccc(C(C)(C)C)cc2)CC1. The van der Waals surface area contributed by atoms with Crippen molar-refractivity contribution < 1.29 is 14.3 Å². The summed E-state index contributed by atoms with van der Waals surface area (Å²) in [6, 6.07) is 12.3. The number of hydrogen-bond acceptors (Lipinski definition) is 4. The quantitative estimate of drug-likeness (QED) is 0.707. The highest BCUT2D eigenvalue weighted by Gasteiger charge is 2.51. The molecule has 5 nitrogen and oxygen atoms in total. The van der Waals surface area contributed by atoms with Crippen LogP contribution in [0.15, 0.2) is 42.6 Å². The van der Waals surface area contributed by atoms with E-state index in [1.54, 1.807) is 13.3 Å². The molecular formula is C23H30N2O3. The standard InChI is InChI=1S/C23H30N2O3/c1-22(2,3)18-7-9-19(10-8-18)23(11-12-23)21(26)25-16-17-6-5-13-24-20(17)28-15-14-27-4/h5-10,13H,11-12,14-16H2,1-4H3,(H,25,26). The zero-order chi connectivity index (χ0) is 20.2. The molecule has 0 radical (unpaired) electrons. The predicted molar refractivity (Wildman–Crippen MR) is 110 cm³/mol. The van der Waals surface area contributed by atoms with Gasteiger partial charge in [0.1, 0.15) is 6.61 Å². The van der Waals surface area contributed by atoms with Crippen molar-refractivity contribution in [1.82, 2.24) is 10.3 Å². The Labute approximate surface area is 167 Å². The number of ether oxygens (including phenoxy) is 2. The Bertz CT molecular complexity index is 805. The van der Waals surface area contributed by atoms with Gasteiger partial charge in [-0.2, -0.15) is 0 Å². The van der Waals surface area contributed by atoms with Crippen LogP contribution in [0.5, 0.6) is 5.88 Å². The lowest BCUT2D eigenvalue weighted by Crippen LogP contribution is -2.34. The first kappa shape index (κ1) is 20.3. The van der Waals surface area contributed by atoms with E-state index >= 15 is 0 Å². The number of methoxy groups -OCH3 is 1. The second-order valence-corrected chi connectivity index (χ2v) is 8.40. The minimum atomic E-state index is -0.393. The molecule has 1 aliphatic carbocycles. The first-order valence-electron chi connectivity index (χ1n) is 9.82. The smallest absolute Gasteiger partial charge is 0.230 e. The van der Waals surface area contributed by atoms with Crippen LogP contribution in [0.1, 0.15) is 50.3 Å². The zero-order valence-electron chi connectivity index (χ0n) is 17.2. The highest BCUT2D eigenvalue weighted by Crippen LogP contribution is 2.48. The Kier molecular flexibility index (Phi) is 6.04. The van der Waals surface area contributed by atoms with Gasteiger partial charge in [-0.05, 0) is 35.4 Å². The maximum absolute atomic E-state index is 13.0. The highest BCUT2D eigenvalue weighted by molar-refractivity contribution is 5.91. The average Bonchev–Trinajstić information content (AvgIpc) is 3.49. The largest absolute Gasteiger partial charge is 0.475 e. The monoisotopic (exact) mass is 382 g/mol. The van der Waals surface area contributed by atoms with E-state index in [1.165, 1.54) is 5.56 Å². The molecule has 1 aliphatic rings. The molecule has 0 unspecified atom stereocenters. The molecule has 0 bridgehead atoms. The Morgan fingerprint density at radius 3 is 2.46 bits per heavy atom. The zero-order valence-corrected chi connectivity index (χ0v) is 17.2.